The van der Waals surface area contributed by atoms with Crippen LogP contribution in [0.4, 0.5) is 0 Å². The highest BCUT2D eigenvalue weighted by atomic mass is 16.5. The second kappa shape index (κ2) is 10.7. The smallest absolute Gasteiger partial charge is 0.321 e. The number of ether oxygens (including phenoxy) is 1. The summed E-state index contributed by atoms with van der Waals surface area (Å²) < 4.78 is 5.78. The zero-order chi connectivity index (χ0) is 21.3. The van der Waals surface area contributed by atoms with Crippen molar-refractivity contribution in [2.75, 3.05) is 13.1 Å². The molecule has 0 saturated carbocycles. The van der Waals surface area contributed by atoms with Crippen LogP contribution in [0.1, 0.15) is 41.6 Å². The van der Waals surface area contributed by atoms with Gasteiger partial charge in [-0.15, -0.1) is 0 Å². The molecule has 4 rings (SSSR count). The highest BCUT2D eigenvalue weighted by Crippen LogP contribution is 2.24. The molecule has 0 unspecified atom stereocenters. The number of amides is 1. The molecule has 2 aromatic carbocycles. The molecule has 6 heteroatoms. The van der Waals surface area contributed by atoms with Crippen LogP contribution < -0.4 is 10.1 Å². The monoisotopic (exact) mass is 416 g/mol. The Labute approximate surface area is 183 Å². The third kappa shape index (κ3) is 6.12. The number of hydrogen-bond acceptors (Lipinski definition) is 5. The van der Waals surface area contributed by atoms with Gasteiger partial charge in [0.25, 0.3) is 5.91 Å². The van der Waals surface area contributed by atoms with Gasteiger partial charge >= 0.3 is 6.01 Å². The van der Waals surface area contributed by atoms with Crippen LogP contribution in [0, 0.1) is 0 Å². The fraction of sp³-hybridized carbons (Fsp3) is 0.320. The highest BCUT2D eigenvalue weighted by molar-refractivity contribution is 5.94. The van der Waals surface area contributed by atoms with E-state index in [9.17, 15) is 4.79 Å². The van der Waals surface area contributed by atoms with Crippen molar-refractivity contribution in [3.8, 4) is 11.8 Å². The molecule has 0 radical (unpaired) electrons. The van der Waals surface area contributed by atoms with E-state index in [-0.39, 0.29) is 5.91 Å². The van der Waals surface area contributed by atoms with Crippen LogP contribution >= 0.6 is 0 Å². The molecule has 6 nitrogen and oxygen atoms in total. The van der Waals surface area contributed by atoms with Gasteiger partial charge in [-0.3, -0.25) is 9.69 Å². The maximum absolute atomic E-state index is 12.3. The standard InChI is InChI=1S/C25H28N4O2/c30-24(21-9-2-1-3-10-21)26-16-13-22-11-4-5-17-29(22)19-20-8-6-12-23(18-20)31-25-27-14-7-15-28-25/h1-3,6-10,12,14-15,18,22H,4-5,11,13,16-17,19H2,(H,26,30)/t22-/m1/s1. The van der Waals surface area contributed by atoms with Crippen molar-refractivity contribution in [2.45, 2.75) is 38.3 Å². The average molecular weight is 417 g/mol. The molecule has 1 atom stereocenters. The minimum Gasteiger partial charge on any atom is -0.424 e. The van der Waals surface area contributed by atoms with Gasteiger partial charge in [0.15, 0.2) is 0 Å². The van der Waals surface area contributed by atoms with Crippen molar-refractivity contribution in [3.05, 3.63) is 84.2 Å². The molecule has 31 heavy (non-hydrogen) atoms. The summed E-state index contributed by atoms with van der Waals surface area (Å²) in [4.78, 5) is 23.1. The molecular weight excluding hydrogens is 388 g/mol. The van der Waals surface area contributed by atoms with Crippen molar-refractivity contribution in [1.29, 1.82) is 0 Å². The number of carbonyl (C=O) groups is 1. The van der Waals surface area contributed by atoms with Crippen LogP contribution in [0.25, 0.3) is 0 Å². The topological polar surface area (TPSA) is 67.4 Å². The number of carbonyl (C=O) groups excluding carboxylic acids is 1. The first-order chi connectivity index (χ1) is 15.3. The lowest BCUT2D eigenvalue weighted by molar-refractivity contribution is 0.0937. The van der Waals surface area contributed by atoms with E-state index in [1.54, 1.807) is 18.5 Å². The molecular formula is C25H28N4O2. The van der Waals surface area contributed by atoms with Crippen molar-refractivity contribution in [2.24, 2.45) is 0 Å². The normalized spacial score (nSPS) is 16.6. The molecule has 1 N–H and O–H groups in total. The fourth-order valence-electron chi connectivity index (χ4n) is 4.02. The van der Waals surface area contributed by atoms with E-state index in [0.29, 0.717) is 24.2 Å². The van der Waals surface area contributed by atoms with Gasteiger partial charge in [-0.1, -0.05) is 36.8 Å². The van der Waals surface area contributed by atoms with Gasteiger partial charge in [0, 0.05) is 37.1 Å². The molecule has 1 saturated heterocycles. The molecule has 3 aromatic rings. The van der Waals surface area contributed by atoms with Crippen molar-refractivity contribution >= 4 is 5.91 Å². The summed E-state index contributed by atoms with van der Waals surface area (Å²) in [5.41, 5.74) is 1.91. The first-order valence-electron chi connectivity index (χ1n) is 10.9. The number of rotatable bonds is 8. The van der Waals surface area contributed by atoms with Gasteiger partial charge in [0.1, 0.15) is 5.75 Å². The lowest BCUT2D eigenvalue weighted by Crippen LogP contribution is -2.41. The maximum atomic E-state index is 12.3. The van der Waals surface area contributed by atoms with E-state index >= 15 is 0 Å². The Morgan fingerprint density at radius 2 is 1.87 bits per heavy atom. The van der Waals surface area contributed by atoms with Crippen LogP contribution in [0.3, 0.4) is 0 Å². The lowest BCUT2D eigenvalue weighted by atomic mass is 9.98. The molecule has 160 valence electrons. The Balaban J connectivity index is 1.32. The second-order valence-electron chi connectivity index (χ2n) is 7.81. The van der Waals surface area contributed by atoms with Gasteiger partial charge in [-0.25, -0.2) is 9.97 Å². The average Bonchev–Trinajstić information content (AvgIpc) is 2.82. The summed E-state index contributed by atoms with van der Waals surface area (Å²) in [5, 5.41) is 3.07. The number of aromatic nitrogens is 2. The third-order valence-corrected chi connectivity index (χ3v) is 5.58. The van der Waals surface area contributed by atoms with Crippen molar-refractivity contribution < 1.29 is 9.53 Å². The first-order valence-corrected chi connectivity index (χ1v) is 10.9. The van der Waals surface area contributed by atoms with Crippen LogP contribution in [0.15, 0.2) is 73.1 Å². The van der Waals surface area contributed by atoms with Gasteiger partial charge in [0.05, 0.1) is 0 Å². The Morgan fingerprint density at radius 1 is 1.03 bits per heavy atom. The zero-order valence-corrected chi connectivity index (χ0v) is 17.6. The fourth-order valence-corrected chi connectivity index (χ4v) is 4.02. The number of piperidine rings is 1. The zero-order valence-electron chi connectivity index (χ0n) is 17.6. The number of benzene rings is 2. The Morgan fingerprint density at radius 3 is 2.71 bits per heavy atom. The first kappa shape index (κ1) is 21.0. The molecule has 2 heterocycles. The summed E-state index contributed by atoms with van der Waals surface area (Å²) in [6, 6.07) is 20.1. The predicted octanol–water partition coefficient (Wildman–Crippen LogP) is 4.44. The summed E-state index contributed by atoms with van der Waals surface area (Å²) in [5.74, 6) is 0.739. The molecule has 1 aliphatic rings. The summed E-state index contributed by atoms with van der Waals surface area (Å²) in [6.07, 6.45) is 7.90. The molecule has 0 spiro atoms. The summed E-state index contributed by atoms with van der Waals surface area (Å²) >= 11 is 0. The SMILES string of the molecule is O=C(NCC[C@H]1CCCCN1Cc1cccc(Oc2ncccn2)c1)c1ccccc1. The molecule has 1 aliphatic heterocycles. The Kier molecular flexibility index (Phi) is 7.24. The van der Waals surface area contributed by atoms with E-state index in [1.165, 1.54) is 18.4 Å². The van der Waals surface area contributed by atoms with Gasteiger partial charge < -0.3 is 10.1 Å². The van der Waals surface area contributed by atoms with Crippen molar-refractivity contribution in [3.63, 3.8) is 0 Å². The van der Waals surface area contributed by atoms with Crippen LogP contribution in [-0.4, -0.2) is 39.9 Å². The Bertz CT molecular complexity index is 966. The van der Waals surface area contributed by atoms with Crippen molar-refractivity contribution in [1.82, 2.24) is 20.2 Å². The highest BCUT2D eigenvalue weighted by Gasteiger charge is 2.22. The van der Waals surface area contributed by atoms with Crippen LogP contribution in [0.5, 0.6) is 11.8 Å². The molecule has 1 amide bonds. The molecule has 1 aromatic heterocycles. The predicted molar refractivity (Wildman–Crippen MR) is 120 cm³/mol. The van der Waals surface area contributed by atoms with E-state index in [2.05, 4.69) is 32.3 Å². The van der Waals surface area contributed by atoms with Crippen LogP contribution in [-0.2, 0) is 6.54 Å². The molecule has 0 bridgehead atoms. The largest absolute Gasteiger partial charge is 0.424 e. The molecule has 0 aliphatic carbocycles. The second-order valence-corrected chi connectivity index (χ2v) is 7.81. The maximum Gasteiger partial charge on any atom is 0.321 e. The third-order valence-electron chi connectivity index (χ3n) is 5.58. The Hall–Kier alpha value is -3.25. The number of likely N-dealkylation sites (tertiary alicyclic amines) is 1. The van der Waals surface area contributed by atoms with Gasteiger partial charge in [0.2, 0.25) is 0 Å². The molecule has 1 fully saturated rings. The quantitative estimate of drug-likeness (QED) is 0.588. The van der Waals surface area contributed by atoms with Crippen LogP contribution in [0.2, 0.25) is 0 Å². The lowest BCUT2D eigenvalue weighted by Gasteiger charge is -2.36. The number of hydrogen-bond donors (Lipinski definition) is 1. The minimum absolute atomic E-state index is 0.00376. The van der Waals surface area contributed by atoms with E-state index in [4.69, 9.17) is 4.74 Å². The summed E-state index contributed by atoms with van der Waals surface area (Å²) in [6.45, 7) is 2.62. The number of nitrogens with one attached hydrogen (secondary N) is 1. The van der Waals surface area contributed by atoms with E-state index in [1.807, 2.05) is 42.5 Å². The van der Waals surface area contributed by atoms with Gasteiger partial charge in [-0.2, -0.15) is 0 Å². The summed E-state index contributed by atoms with van der Waals surface area (Å²) in [7, 11) is 0. The van der Waals surface area contributed by atoms with E-state index in [0.717, 1.165) is 31.7 Å². The minimum atomic E-state index is -0.00376. The van der Waals surface area contributed by atoms with Gasteiger partial charge in [-0.05, 0) is 61.7 Å². The van der Waals surface area contributed by atoms with E-state index < -0.39 is 0 Å². The number of nitrogens with zero attached hydrogens (tertiary/aromatic N) is 3.